The van der Waals surface area contributed by atoms with E-state index in [2.05, 4.69) is 10.5 Å². The van der Waals surface area contributed by atoms with Crippen molar-refractivity contribution < 1.29 is 14.1 Å². The molecule has 0 aliphatic carbocycles. The number of amides is 1. The van der Waals surface area contributed by atoms with E-state index in [4.69, 9.17) is 16.0 Å². The van der Waals surface area contributed by atoms with Crippen molar-refractivity contribution in [2.24, 2.45) is 5.10 Å². The number of nitrogens with zero attached hydrogens (tertiary/aromatic N) is 2. The van der Waals surface area contributed by atoms with Gasteiger partial charge in [0.15, 0.2) is 5.76 Å². The molecule has 0 aliphatic rings. The lowest BCUT2D eigenvalue weighted by Gasteiger charge is -1.98. The molecule has 1 amide bonds. The molecule has 0 bridgehead atoms. The monoisotopic (exact) mass is 293 g/mol. The number of nitro benzene ring substituents is 1. The Morgan fingerprint density at radius 2 is 2.25 bits per heavy atom. The molecule has 0 saturated heterocycles. The van der Waals surface area contributed by atoms with Gasteiger partial charge in [0.25, 0.3) is 5.69 Å². The first-order chi connectivity index (χ1) is 9.58. The van der Waals surface area contributed by atoms with Gasteiger partial charge in [-0.15, -0.1) is 0 Å². The molecular formula is C12H8ClN3O4. The van der Waals surface area contributed by atoms with Gasteiger partial charge >= 0.3 is 5.91 Å². The Labute approximate surface area is 118 Å². The highest BCUT2D eigenvalue weighted by atomic mass is 35.5. The number of carbonyl (C=O) groups excluding carboxylic acids is 1. The van der Waals surface area contributed by atoms with Gasteiger partial charge in [-0.2, -0.15) is 5.10 Å². The molecule has 20 heavy (non-hydrogen) atoms. The van der Waals surface area contributed by atoms with Crippen molar-refractivity contribution in [3.05, 3.63) is 63.1 Å². The summed E-state index contributed by atoms with van der Waals surface area (Å²) < 4.78 is 4.86. The van der Waals surface area contributed by atoms with Crippen LogP contribution in [0.25, 0.3) is 0 Å². The van der Waals surface area contributed by atoms with Crippen LogP contribution in [0.15, 0.2) is 46.1 Å². The Balaban J connectivity index is 2.13. The average molecular weight is 294 g/mol. The van der Waals surface area contributed by atoms with Gasteiger partial charge in [0.05, 0.1) is 23.0 Å². The van der Waals surface area contributed by atoms with E-state index in [1.54, 1.807) is 6.07 Å². The number of rotatable bonds is 4. The smallest absolute Gasteiger partial charge is 0.307 e. The summed E-state index contributed by atoms with van der Waals surface area (Å²) in [7, 11) is 0. The van der Waals surface area contributed by atoms with E-state index in [9.17, 15) is 14.9 Å². The lowest BCUT2D eigenvalue weighted by molar-refractivity contribution is -0.385. The Bertz CT molecular complexity index is 667. The Morgan fingerprint density at radius 1 is 1.45 bits per heavy atom. The molecular weight excluding hydrogens is 286 g/mol. The van der Waals surface area contributed by atoms with Crippen molar-refractivity contribution >= 4 is 29.4 Å². The van der Waals surface area contributed by atoms with Crippen molar-refractivity contribution in [3.8, 4) is 0 Å². The molecule has 0 aliphatic heterocycles. The van der Waals surface area contributed by atoms with Gasteiger partial charge in [0.1, 0.15) is 0 Å². The standard InChI is InChI=1S/C12H8ClN3O4/c13-9-3-4-10(16(18)19)8(6-9)7-14-15-12(17)11-2-1-5-20-11/h1-7H,(H,15,17)/b14-7-. The number of benzene rings is 1. The summed E-state index contributed by atoms with van der Waals surface area (Å²) in [6.07, 6.45) is 2.49. The predicted octanol–water partition coefficient (Wildman–Crippen LogP) is 2.61. The van der Waals surface area contributed by atoms with Crippen LogP contribution in [0.2, 0.25) is 5.02 Å². The summed E-state index contributed by atoms with van der Waals surface area (Å²) in [6, 6.07) is 7.06. The van der Waals surface area contributed by atoms with Gasteiger partial charge < -0.3 is 4.42 Å². The van der Waals surface area contributed by atoms with Crippen LogP contribution in [0.4, 0.5) is 5.69 Å². The normalized spacial score (nSPS) is 10.7. The molecule has 2 rings (SSSR count). The molecule has 0 fully saturated rings. The molecule has 102 valence electrons. The topological polar surface area (TPSA) is 97.7 Å². The van der Waals surface area contributed by atoms with Gasteiger partial charge in [0, 0.05) is 11.1 Å². The number of nitro groups is 1. The van der Waals surface area contributed by atoms with Gasteiger partial charge in [-0.1, -0.05) is 11.6 Å². The molecule has 7 nitrogen and oxygen atoms in total. The summed E-state index contributed by atoms with van der Waals surface area (Å²) in [4.78, 5) is 21.8. The maximum atomic E-state index is 11.5. The quantitative estimate of drug-likeness (QED) is 0.532. The van der Waals surface area contributed by atoms with Crippen LogP contribution in [-0.2, 0) is 0 Å². The van der Waals surface area contributed by atoms with E-state index in [0.29, 0.717) is 5.02 Å². The number of furan rings is 1. The van der Waals surface area contributed by atoms with E-state index in [1.807, 2.05) is 0 Å². The first-order valence-electron chi connectivity index (χ1n) is 5.39. The third-order valence-corrected chi connectivity index (χ3v) is 2.54. The minimum absolute atomic E-state index is 0.0859. The van der Waals surface area contributed by atoms with E-state index in [1.165, 1.54) is 30.5 Å². The zero-order valence-electron chi connectivity index (χ0n) is 9.95. The summed E-state index contributed by atoms with van der Waals surface area (Å²) in [5.74, 6) is -0.473. The fourth-order valence-electron chi connectivity index (χ4n) is 1.42. The van der Waals surface area contributed by atoms with Gasteiger partial charge in [-0.25, -0.2) is 5.43 Å². The van der Waals surface area contributed by atoms with Crippen LogP contribution in [0.1, 0.15) is 16.1 Å². The van der Waals surface area contributed by atoms with Crippen LogP contribution in [0, 0.1) is 10.1 Å². The van der Waals surface area contributed by atoms with E-state index in [0.717, 1.165) is 6.21 Å². The molecule has 1 heterocycles. The lowest BCUT2D eigenvalue weighted by atomic mass is 10.2. The van der Waals surface area contributed by atoms with Crippen molar-refractivity contribution in [1.82, 2.24) is 5.43 Å². The van der Waals surface area contributed by atoms with Crippen LogP contribution in [0.5, 0.6) is 0 Å². The highest BCUT2D eigenvalue weighted by molar-refractivity contribution is 6.31. The van der Waals surface area contributed by atoms with Crippen LogP contribution >= 0.6 is 11.6 Å². The first-order valence-corrected chi connectivity index (χ1v) is 5.76. The highest BCUT2D eigenvalue weighted by Gasteiger charge is 2.12. The van der Waals surface area contributed by atoms with Crippen LogP contribution < -0.4 is 5.43 Å². The number of hydrazone groups is 1. The summed E-state index contributed by atoms with van der Waals surface area (Å²) in [5, 5.41) is 14.8. The summed E-state index contributed by atoms with van der Waals surface area (Å²) >= 11 is 5.76. The second kappa shape index (κ2) is 5.98. The number of hydrogen-bond acceptors (Lipinski definition) is 5. The fourth-order valence-corrected chi connectivity index (χ4v) is 1.60. The Kier molecular flexibility index (Phi) is 4.11. The number of halogens is 1. The minimum Gasteiger partial charge on any atom is -0.459 e. The number of carbonyl (C=O) groups is 1. The summed E-state index contributed by atoms with van der Waals surface area (Å²) in [6.45, 7) is 0. The molecule has 1 aromatic carbocycles. The molecule has 1 N–H and O–H groups in total. The Hall–Kier alpha value is -2.67. The molecule has 0 unspecified atom stereocenters. The molecule has 0 spiro atoms. The minimum atomic E-state index is -0.563. The maximum Gasteiger partial charge on any atom is 0.307 e. The zero-order chi connectivity index (χ0) is 14.5. The SMILES string of the molecule is O=C(N/N=C\c1cc(Cl)ccc1[N+](=O)[O-])c1ccco1. The third kappa shape index (κ3) is 3.21. The van der Waals surface area contributed by atoms with E-state index < -0.39 is 10.8 Å². The van der Waals surface area contributed by atoms with E-state index >= 15 is 0 Å². The average Bonchev–Trinajstić information content (AvgIpc) is 2.92. The van der Waals surface area contributed by atoms with Gasteiger partial charge in [-0.05, 0) is 24.3 Å². The zero-order valence-corrected chi connectivity index (χ0v) is 10.7. The van der Waals surface area contributed by atoms with E-state index in [-0.39, 0.29) is 17.0 Å². The van der Waals surface area contributed by atoms with Crippen molar-refractivity contribution in [3.63, 3.8) is 0 Å². The summed E-state index contributed by atoms with van der Waals surface area (Å²) in [5.41, 5.74) is 2.21. The molecule has 2 aromatic rings. The predicted molar refractivity (Wildman–Crippen MR) is 71.9 cm³/mol. The first kappa shape index (κ1) is 13.8. The maximum absolute atomic E-state index is 11.5. The fraction of sp³-hybridized carbons (Fsp3) is 0. The van der Waals surface area contributed by atoms with Gasteiger partial charge in [-0.3, -0.25) is 14.9 Å². The lowest BCUT2D eigenvalue weighted by Crippen LogP contribution is -2.16. The van der Waals surface area contributed by atoms with Crippen LogP contribution in [0.3, 0.4) is 0 Å². The molecule has 0 saturated carbocycles. The largest absolute Gasteiger partial charge is 0.459 e. The molecule has 8 heteroatoms. The Morgan fingerprint density at radius 3 is 2.90 bits per heavy atom. The van der Waals surface area contributed by atoms with Crippen molar-refractivity contribution in [1.29, 1.82) is 0 Å². The number of hydrogen-bond donors (Lipinski definition) is 1. The van der Waals surface area contributed by atoms with Crippen molar-refractivity contribution in [2.75, 3.05) is 0 Å². The van der Waals surface area contributed by atoms with Gasteiger partial charge in [0.2, 0.25) is 0 Å². The highest BCUT2D eigenvalue weighted by Crippen LogP contribution is 2.20. The second-order valence-corrected chi connectivity index (χ2v) is 4.07. The van der Waals surface area contributed by atoms with Crippen molar-refractivity contribution in [2.45, 2.75) is 0 Å². The van der Waals surface area contributed by atoms with Crippen LogP contribution in [-0.4, -0.2) is 17.0 Å². The second-order valence-electron chi connectivity index (χ2n) is 3.64. The molecule has 0 atom stereocenters. The molecule has 0 radical (unpaired) electrons. The number of nitrogens with one attached hydrogen (secondary N) is 1. The third-order valence-electron chi connectivity index (χ3n) is 2.30. The molecule has 1 aromatic heterocycles.